The van der Waals surface area contributed by atoms with E-state index in [0.717, 1.165) is 6.29 Å². The molecule has 6 nitrogen and oxygen atoms in total. The predicted octanol–water partition coefficient (Wildman–Crippen LogP) is 1.40. The number of carbonyl (C=O) groups is 3. The van der Waals surface area contributed by atoms with Crippen LogP contribution in [0.25, 0.3) is 0 Å². The number of aldehydes is 1. The van der Waals surface area contributed by atoms with Gasteiger partial charge in [0.2, 0.25) is 11.8 Å². The number of likely N-dealkylation sites (N-methyl/N-ethyl adjacent to an activating group) is 2. The maximum Gasteiger partial charge on any atom is 0.245 e. The lowest BCUT2D eigenvalue weighted by Crippen LogP contribution is -2.57. The SMILES string of the molecule is CC(C)[C@H](NC(=O)[C@H](C(C)C)N(C)C)C(=O)N(C)[C@H](C=O)C(C)C. The number of carbonyl (C=O) groups excluding carboxylic acids is 3. The first kappa shape index (κ1) is 22.6. The fourth-order valence-corrected chi connectivity index (χ4v) is 2.95. The number of rotatable bonds is 9. The highest BCUT2D eigenvalue weighted by Gasteiger charge is 2.34. The van der Waals surface area contributed by atoms with E-state index in [-0.39, 0.29) is 35.6 Å². The fourth-order valence-electron chi connectivity index (χ4n) is 2.95. The Morgan fingerprint density at radius 3 is 1.67 bits per heavy atom. The zero-order valence-corrected chi connectivity index (χ0v) is 16.7. The van der Waals surface area contributed by atoms with Crippen molar-refractivity contribution in [3.05, 3.63) is 0 Å². The second-order valence-electron chi connectivity index (χ2n) is 7.70. The Morgan fingerprint density at radius 1 is 0.875 bits per heavy atom. The molecule has 0 aromatic heterocycles. The summed E-state index contributed by atoms with van der Waals surface area (Å²) in [5.74, 6) is -0.324. The van der Waals surface area contributed by atoms with E-state index < -0.39 is 12.1 Å². The Labute approximate surface area is 146 Å². The van der Waals surface area contributed by atoms with Gasteiger partial charge >= 0.3 is 0 Å². The van der Waals surface area contributed by atoms with Gasteiger partial charge in [-0.25, -0.2) is 0 Å². The van der Waals surface area contributed by atoms with Crippen LogP contribution in [0.2, 0.25) is 0 Å². The van der Waals surface area contributed by atoms with Crippen LogP contribution in [-0.2, 0) is 14.4 Å². The van der Waals surface area contributed by atoms with Crippen molar-refractivity contribution in [2.75, 3.05) is 21.1 Å². The highest BCUT2D eigenvalue weighted by molar-refractivity contribution is 5.91. The van der Waals surface area contributed by atoms with Gasteiger partial charge < -0.3 is 15.0 Å². The molecule has 2 amide bonds. The smallest absolute Gasteiger partial charge is 0.245 e. The Bertz CT molecular complexity index is 425. The zero-order valence-electron chi connectivity index (χ0n) is 16.7. The predicted molar refractivity (Wildman–Crippen MR) is 96.5 cm³/mol. The van der Waals surface area contributed by atoms with Gasteiger partial charge in [0.1, 0.15) is 12.3 Å². The molecule has 24 heavy (non-hydrogen) atoms. The van der Waals surface area contributed by atoms with Crippen molar-refractivity contribution >= 4 is 18.1 Å². The summed E-state index contributed by atoms with van der Waals surface area (Å²) in [5, 5.41) is 2.89. The van der Waals surface area contributed by atoms with Gasteiger partial charge in [0.15, 0.2) is 0 Å². The molecule has 6 heteroatoms. The lowest BCUT2D eigenvalue weighted by molar-refractivity contribution is -0.142. The topological polar surface area (TPSA) is 69.7 Å². The van der Waals surface area contributed by atoms with Crippen LogP contribution in [0, 0.1) is 17.8 Å². The monoisotopic (exact) mass is 341 g/mol. The van der Waals surface area contributed by atoms with Crippen LogP contribution in [0.5, 0.6) is 0 Å². The Kier molecular flexibility index (Phi) is 9.18. The third-order valence-electron chi connectivity index (χ3n) is 4.30. The van der Waals surface area contributed by atoms with Crippen LogP contribution in [0.3, 0.4) is 0 Å². The van der Waals surface area contributed by atoms with Gasteiger partial charge in [0.05, 0.1) is 12.1 Å². The average molecular weight is 341 g/mol. The van der Waals surface area contributed by atoms with E-state index >= 15 is 0 Å². The molecule has 0 aromatic rings. The van der Waals surface area contributed by atoms with Gasteiger partial charge in [0.25, 0.3) is 0 Å². The van der Waals surface area contributed by atoms with Gasteiger partial charge in [-0.15, -0.1) is 0 Å². The molecule has 0 aliphatic rings. The number of nitrogens with one attached hydrogen (secondary N) is 1. The first-order chi connectivity index (χ1) is 10.9. The number of amides is 2. The van der Waals surface area contributed by atoms with Crippen LogP contribution < -0.4 is 5.32 Å². The second-order valence-corrected chi connectivity index (χ2v) is 7.70. The van der Waals surface area contributed by atoms with Crippen LogP contribution in [0.1, 0.15) is 41.5 Å². The van der Waals surface area contributed by atoms with Crippen molar-refractivity contribution in [1.29, 1.82) is 0 Å². The van der Waals surface area contributed by atoms with Crippen LogP contribution >= 0.6 is 0 Å². The molecule has 0 bridgehead atoms. The molecule has 0 saturated carbocycles. The van der Waals surface area contributed by atoms with Crippen molar-refractivity contribution in [2.24, 2.45) is 17.8 Å². The summed E-state index contributed by atoms with van der Waals surface area (Å²) in [4.78, 5) is 40.1. The molecule has 1 N–H and O–H groups in total. The van der Waals surface area contributed by atoms with E-state index in [1.807, 2.05) is 60.5 Å². The number of hydrogen-bond donors (Lipinski definition) is 1. The first-order valence-corrected chi connectivity index (χ1v) is 8.64. The number of hydrogen-bond acceptors (Lipinski definition) is 4. The molecule has 0 unspecified atom stereocenters. The van der Waals surface area contributed by atoms with E-state index in [2.05, 4.69) is 5.32 Å². The van der Waals surface area contributed by atoms with E-state index in [4.69, 9.17) is 0 Å². The molecule has 140 valence electrons. The Morgan fingerprint density at radius 2 is 1.38 bits per heavy atom. The summed E-state index contributed by atoms with van der Waals surface area (Å²) in [6, 6.07) is -1.45. The zero-order chi connectivity index (χ0) is 19.2. The van der Waals surface area contributed by atoms with Crippen molar-refractivity contribution in [2.45, 2.75) is 59.7 Å². The molecule has 0 fully saturated rings. The molecule has 0 spiro atoms. The van der Waals surface area contributed by atoms with Crippen molar-refractivity contribution in [1.82, 2.24) is 15.1 Å². The van der Waals surface area contributed by atoms with E-state index in [1.165, 1.54) is 4.90 Å². The van der Waals surface area contributed by atoms with Crippen LogP contribution in [-0.4, -0.2) is 67.2 Å². The van der Waals surface area contributed by atoms with Gasteiger partial charge in [-0.3, -0.25) is 14.5 Å². The van der Waals surface area contributed by atoms with E-state index in [9.17, 15) is 14.4 Å². The van der Waals surface area contributed by atoms with Crippen molar-refractivity contribution < 1.29 is 14.4 Å². The first-order valence-electron chi connectivity index (χ1n) is 8.64. The molecule has 0 saturated heterocycles. The van der Waals surface area contributed by atoms with Crippen molar-refractivity contribution in [3.63, 3.8) is 0 Å². The molecule has 0 aliphatic heterocycles. The summed E-state index contributed by atoms with van der Waals surface area (Å²) >= 11 is 0. The fraction of sp³-hybridized carbons (Fsp3) is 0.833. The highest BCUT2D eigenvalue weighted by Crippen LogP contribution is 2.14. The van der Waals surface area contributed by atoms with E-state index in [1.54, 1.807) is 7.05 Å². The molecular formula is C18H35N3O3. The Balaban J connectivity index is 5.33. The summed E-state index contributed by atoms with van der Waals surface area (Å²) < 4.78 is 0. The van der Waals surface area contributed by atoms with Gasteiger partial charge in [-0.2, -0.15) is 0 Å². The largest absolute Gasteiger partial charge is 0.343 e. The summed E-state index contributed by atoms with van der Waals surface area (Å²) in [5.41, 5.74) is 0. The molecule has 0 aliphatic carbocycles. The highest BCUT2D eigenvalue weighted by atomic mass is 16.2. The molecular weight excluding hydrogens is 306 g/mol. The second kappa shape index (κ2) is 9.77. The summed E-state index contributed by atoms with van der Waals surface area (Å²) in [6.45, 7) is 11.5. The lowest BCUT2D eigenvalue weighted by atomic mass is 9.97. The Hall–Kier alpha value is -1.43. The average Bonchev–Trinajstić information content (AvgIpc) is 2.42. The standard InChI is InChI=1S/C18H35N3O3/c1-11(2)14(10-22)21(9)18(24)15(12(3)4)19-17(23)16(13(5)6)20(7)8/h10-16H,1-9H3,(H,19,23)/t14-,15+,16+/m1/s1. The van der Waals surface area contributed by atoms with Crippen molar-refractivity contribution in [3.8, 4) is 0 Å². The minimum atomic E-state index is -0.648. The third-order valence-corrected chi connectivity index (χ3v) is 4.30. The van der Waals surface area contributed by atoms with Gasteiger partial charge in [-0.05, 0) is 31.8 Å². The maximum absolute atomic E-state index is 12.8. The lowest BCUT2D eigenvalue weighted by Gasteiger charge is -2.34. The molecule has 0 rings (SSSR count). The minimum absolute atomic E-state index is 0.0187. The molecule has 0 heterocycles. The molecule has 3 atom stereocenters. The minimum Gasteiger partial charge on any atom is -0.343 e. The van der Waals surface area contributed by atoms with Gasteiger partial charge in [0, 0.05) is 7.05 Å². The molecule has 0 radical (unpaired) electrons. The third kappa shape index (κ3) is 5.89. The summed E-state index contributed by atoms with van der Waals surface area (Å²) in [6.07, 6.45) is 0.790. The maximum atomic E-state index is 12.8. The molecule has 0 aromatic carbocycles. The number of nitrogens with zero attached hydrogens (tertiary/aromatic N) is 2. The normalized spacial score (nSPS) is 15.5. The van der Waals surface area contributed by atoms with Crippen LogP contribution in [0.15, 0.2) is 0 Å². The summed E-state index contributed by atoms with van der Waals surface area (Å²) in [7, 11) is 5.32. The quantitative estimate of drug-likeness (QED) is 0.644. The van der Waals surface area contributed by atoms with Crippen LogP contribution in [0.4, 0.5) is 0 Å². The van der Waals surface area contributed by atoms with Gasteiger partial charge in [-0.1, -0.05) is 41.5 Å². The van der Waals surface area contributed by atoms with E-state index in [0.29, 0.717) is 0 Å².